The van der Waals surface area contributed by atoms with Gasteiger partial charge in [-0.25, -0.2) is 9.97 Å². The highest BCUT2D eigenvalue weighted by Crippen LogP contribution is 2.30. The van der Waals surface area contributed by atoms with Gasteiger partial charge >= 0.3 is 0 Å². The first-order valence-corrected chi connectivity index (χ1v) is 10.1. The number of oxazole rings is 1. The third kappa shape index (κ3) is 3.35. The van der Waals surface area contributed by atoms with Crippen LogP contribution in [0.25, 0.3) is 11.4 Å². The molecule has 0 radical (unpaired) electrons. The Kier molecular flexibility index (Phi) is 4.67. The van der Waals surface area contributed by atoms with Crippen molar-refractivity contribution >= 4 is 5.91 Å². The smallest absolute Gasteiger partial charge is 0.272 e. The third-order valence-electron chi connectivity index (χ3n) is 5.84. The Morgan fingerprint density at radius 3 is 2.76 bits per heavy atom. The number of hydrogen-bond donors (Lipinski definition) is 0. The molecule has 2 aliphatic heterocycles. The van der Waals surface area contributed by atoms with Crippen LogP contribution < -0.4 is 0 Å². The Balaban J connectivity index is 1.35. The highest BCUT2D eigenvalue weighted by atomic mass is 16.5. The summed E-state index contributed by atoms with van der Waals surface area (Å²) in [5.74, 6) is 2.81. The van der Waals surface area contributed by atoms with E-state index in [-0.39, 0.29) is 5.91 Å². The van der Waals surface area contributed by atoms with Crippen molar-refractivity contribution in [2.24, 2.45) is 7.05 Å². The Hall–Kier alpha value is -2.93. The van der Waals surface area contributed by atoms with Gasteiger partial charge in [-0.1, -0.05) is 30.3 Å². The highest BCUT2D eigenvalue weighted by molar-refractivity contribution is 5.93. The number of rotatable bonds is 3. The van der Waals surface area contributed by atoms with E-state index in [9.17, 15) is 4.79 Å². The van der Waals surface area contributed by atoms with Gasteiger partial charge in [0, 0.05) is 44.7 Å². The summed E-state index contributed by atoms with van der Waals surface area (Å²) in [5.41, 5.74) is 2.46. The van der Waals surface area contributed by atoms with E-state index in [0.717, 1.165) is 54.8 Å². The molecule has 1 saturated heterocycles. The molecule has 7 nitrogen and oxygen atoms in total. The molecule has 7 heteroatoms. The molecule has 29 heavy (non-hydrogen) atoms. The van der Waals surface area contributed by atoms with Crippen LogP contribution in [-0.4, -0.2) is 45.1 Å². The summed E-state index contributed by atoms with van der Waals surface area (Å²) < 4.78 is 13.3. The van der Waals surface area contributed by atoms with E-state index >= 15 is 0 Å². The quantitative estimate of drug-likeness (QED) is 0.685. The van der Waals surface area contributed by atoms with E-state index in [1.807, 2.05) is 46.8 Å². The number of imidazole rings is 1. The minimum atomic E-state index is -0.0246. The van der Waals surface area contributed by atoms with Gasteiger partial charge in [0.05, 0.1) is 12.7 Å². The predicted molar refractivity (Wildman–Crippen MR) is 106 cm³/mol. The molecule has 4 heterocycles. The lowest BCUT2D eigenvalue weighted by atomic mass is 10.0. The fourth-order valence-electron chi connectivity index (χ4n) is 4.14. The average molecular weight is 392 g/mol. The molecule has 0 unspecified atom stereocenters. The van der Waals surface area contributed by atoms with Crippen LogP contribution in [-0.2, 0) is 24.8 Å². The molecule has 0 bridgehead atoms. The summed E-state index contributed by atoms with van der Waals surface area (Å²) in [4.78, 5) is 24.2. The molecule has 2 aromatic heterocycles. The number of carbonyl (C=O) groups excluding carboxylic acids is 1. The van der Waals surface area contributed by atoms with Crippen molar-refractivity contribution in [3.05, 3.63) is 59.6 Å². The Morgan fingerprint density at radius 2 is 1.97 bits per heavy atom. The standard InChI is InChI=1S/C22H24N4O3/c1-25-18(13-23-20(25)15-5-3-2-4-6-15)22(27)26-10-7-19-17(14-26)24-21(29-19)16-8-11-28-12-9-16/h2-6,13,16H,7-12,14H2,1H3. The van der Waals surface area contributed by atoms with Gasteiger partial charge < -0.3 is 18.6 Å². The lowest BCUT2D eigenvalue weighted by molar-refractivity contribution is 0.0716. The maximum Gasteiger partial charge on any atom is 0.272 e. The fourth-order valence-corrected chi connectivity index (χ4v) is 4.14. The van der Waals surface area contributed by atoms with Gasteiger partial charge in [-0.3, -0.25) is 4.79 Å². The molecule has 3 aromatic rings. The summed E-state index contributed by atoms with van der Waals surface area (Å²) in [7, 11) is 1.89. The SMILES string of the molecule is Cn1c(C(=O)N2CCc3oc(C4CCOCC4)nc3C2)cnc1-c1ccccc1. The molecule has 2 aliphatic rings. The highest BCUT2D eigenvalue weighted by Gasteiger charge is 2.30. The van der Waals surface area contributed by atoms with Crippen molar-refractivity contribution in [1.82, 2.24) is 19.4 Å². The minimum absolute atomic E-state index is 0.0246. The first-order valence-electron chi connectivity index (χ1n) is 10.1. The molecule has 1 aromatic carbocycles. The summed E-state index contributed by atoms with van der Waals surface area (Å²) in [6.45, 7) is 2.62. The molecular weight excluding hydrogens is 368 g/mol. The first kappa shape index (κ1) is 18.1. The number of benzene rings is 1. The van der Waals surface area contributed by atoms with Gasteiger partial charge in [-0.05, 0) is 12.8 Å². The Morgan fingerprint density at radius 1 is 1.17 bits per heavy atom. The second kappa shape index (κ2) is 7.48. The van der Waals surface area contributed by atoms with Gasteiger partial charge in [-0.15, -0.1) is 0 Å². The van der Waals surface area contributed by atoms with Crippen LogP contribution in [0.2, 0.25) is 0 Å². The second-order valence-corrected chi connectivity index (χ2v) is 7.68. The zero-order valence-electron chi connectivity index (χ0n) is 16.5. The number of carbonyl (C=O) groups is 1. The average Bonchev–Trinajstić information content (AvgIpc) is 3.37. The summed E-state index contributed by atoms with van der Waals surface area (Å²) in [6, 6.07) is 9.90. The molecule has 150 valence electrons. The lowest BCUT2D eigenvalue weighted by Crippen LogP contribution is -2.36. The fraction of sp³-hybridized carbons (Fsp3) is 0.409. The number of nitrogens with zero attached hydrogens (tertiary/aromatic N) is 4. The van der Waals surface area contributed by atoms with Gasteiger partial charge in [0.15, 0.2) is 5.89 Å². The molecule has 5 rings (SSSR count). The van der Waals surface area contributed by atoms with E-state index in [4.69, 9.17) is 14.1 Å². The van der Waals surface area contributed by atoms with Gasteiger partial charge in [0.25, 0.3) is 5.91 Å². The first-order chi connectivity index (χ1) is 14.2. The monoisotopic (exact) mass is 392 g/mol. The van der Waals surface area contributed by atoms with Gasteiger partial charge in [0.1, 0.15) is 23.0 Å². The van der Waals surface area contributed by atoms with Crippen molar-refractivity contribution in [3.63, 3.8) is 0 Å². The van der Waals surface area contributed by atoms with Crippen LogP contribution in [0.1, 0.15) is 46.6 Å². The van der Waals surface area contributed by atoms with Crippen LogP contribution in [0.4, 0.5) is 0 Å². The van der Waals surface area contributed by atoms with Crippen molar-refractivity contribution < 1.29 is 13.9 Å². The van der Waals surface area contributed by atoms with E-state index < -0.39 is 0 Å². The minimum Gasteiger partial charge on any atom is -0.445 e. The molecular formula is C22H24N4O3. The van der Waals surface area contributed by atoms with E-state index in [1.54, 1.807) is 6.20 Å². The molecule has 1 amide bonds. The van der Waals surface area contributed by atoms with E-state index in [0.29, 0.717) is 31.1 Å². The van der Waals surface area contributed by atoms with E-state index in [1.165, 1.54) is 0 Å². The van der Waals surface area contributed by atoms with Gasteiger partial charge in [0.2, 0.25) is 0 Å². The van der Waals surface area contributed by atoms with Crippen molar-refractivity contribution in [2.45, 2.75) is 31.7 Å². The van der Waals surface area contributed by atoms with Crippen LogP contribution in [0.3, 0.4) is 0 Å². The molecule has 0 aliphatic carbocycles. The van der Waals surface area contributed by atoms with Crippen LogP contribution in [0.5, 0.6) is 0 Å². The normalized spacial score (nSPS) is 17.3. The zero-order chi connectivity index (χ0) is 19.8. The second-order valence-electron chi connectivity index (χ2n) is 7.68. The Labute approximate surface area is 169 Å². The van der Waals surface area contributed by atoms with Crippen LogP contribution in [0, 0.1) is 0 Å². The molecule has 0 N–H and O–H groups in total. The van der Waals surface area contributed by atoms with Crippen LogP contribution >= 0.6 is 0 Å². The molecule has 0 saturated carbocycles. The largest absolute Gasteiger partial charge is 0.445 e. The summed E-state index contributed by atoms with van der Waals surface area (Å²) >= 11 is 0. The van der Waals surface area contributed by atoms with Crippen molar-refractivity contribution in [3.8, 4) is 11.4 Å². The zero-order valence-corrected chi connectivity index (χ0v) is 16.5. The maximum atomic E-state index is 13.2. The molecule has 1 fully saturated rings. The maximum absolute atomic E-state index is 13.2. The number of fused-ring (bicyclic) bond motifs is 1. The third-order valence-corrected chi connectivity index (χ3v) is 5.84. The number of hydrogen-bond acceptors (Lipinski definition) is 5. The van der Waals surface area contributed by atoms with Crippen molar-refractivity contribution in [1.29, 1.82) is 0 Å². The van der Waals surface area contributed by atoms with E-state index in [2.05, 4.69) is 4.98 Å². The lowest BCUT2D eigenvalue weighted by Gasteiger charge is -2.25. The van der Waals surface area contributed by atoms with Crippen LogP contribution in [0.15, 0.2) is 40.9 Å². The summed E-state index contributed by atoms with van der Waals surface area (Å²) in [5, 5.41) is 0. The number of aromatic nitrogens is 3. The molecule has 0 spiro atoms. The summed E-state index contributed by atoms with van der Waals surface area (Å²) in [6.07, 6.45) is 4.25. The van der Waals surface area contributed by atoms with Gasteiger partial charge in [-0.2, -0.15) is 0 Å². The Bertz CT molecular complexity index is 1020. The number of ether oxygens (including phenoxy) is 1. The topological polar surface area (TPSA) is 73.4 Å². The molecule has 0 atom stereocenters. The predicted octanol–water partition coefficient (Wildman–Crippen LogP) is 3.17. The number of amides is 1. The van der Waals surface area contributed by atoms with Crippen molar-refractivity contribution in [2.75, 3.05) is 19.8 Å².